The zero-order valence-electron chi connectivity index (χ0n) is 11.3. The Hall–Kier alpha value is -0.950. The van der Waals surface area contributed by atoms with Crippen LogP contribution in [0, 0.1) is 0 Å². The van der Waals surface area contributed by atoms with Crippen LogP contribution in [0.4, 0.5) is 0 Å². The number of hydrogen-bond donors (Lipinski definition) is 3. The third kappa shape index (κ3) is 2.88. The lowest BCUT2D eigenvalue weighted by molar-refractivity contribution is 0.120. The molecule has 0 saturated heterocycles. The van der Waals surface area contributed by atoms with Gasteiger partial charge in [-0.1, -0.05) is 6.07 Å². The quantitative estimate of drug-likeness (QED) is 0.773. The second-order valence-electron chi connectivity index (χ2n) is 5.66. The smallest absolute Gasteiger partial charge is 0.240 e. The molecule has 2 aliphatic rings. The van der Waals surface area contributed by atoms with E-state index >= 15 is 0 Å². The molecule has 1 aromatic carbocycles. The van der Waals surface area contributed by atoms with Crippen LogP contribution < -0.4 is 10.0 Å². The molecule has 5 nitrogen and oxygen atoms in total. The number of aliphatic hydroxyl groups is 1. The van der Waals surface area contributed by atoms with Crippen molar-refractivity contribution in [3.8, 4) is 0 Å². The molecule has 1 saturated carbocycles. The third-order valence-corrected chi connectivity index (χ3v) is 5.66. The van der Waals surface area contributed by atoms with Crippen molar-refractivity contribution >= 4 is 10.0 Å². The SMILES string of the molecule is O=S(=O)(NC1CCC(O)CC1)c1ccc2c(c1)CNC2. The lowest BCUT2D eigenvalue weighted by Crippen LogP contribution is -2.38. The van der Waals surface area contributed by atoms with E-state index < -0.39 is 10.0 Å². The predicted molar refractivity (Wildman–Crippen MR) is 75.6 cm³/mol. The molecule has 3 rings (SSSR count). The second kappa shape index (κ2) is 5.44. The largest absolute Gasteiger partial charge is 0.393 e. The number of benzene rings is 1. The van der Waals surface area contributed by atoms with Crippen molar-refractivity contribution in [3.63, 3.8) is 0 Å². The van der Waals surface area contributed by atoms with Crippen LogP contribution >= 0.6 is 0 Å². The van der Waals surface area contributed by atoms with Gasteiger partial charge in [-0.3, -0.25) is 0 Å². The fourth-order valence-corrected chi connectivity index (χ4v) is 4.27. The van der Waals surface area contributed by atoms with Gasteiger partial charge in [0.2, 0.25) is 10.0 Å². The van der Waals surface area contributed by atoms with Gasteiger partial charge < -0.3 is 10.4 Å². The number of sulfonamides is 1. The molecular formula is C14H20N2O3S. The Labute approximate surface area is 119 Å². The second-order valence-corrected chi connectivity index (χ2v) is 7.37. The first kappa shape index (κ1) is 14.0. The predicted octanol–water partition coefficient (Wildman–Crippen LogP) is 0.872. The van der Waals surface area contributed by atoms with Crippen LogP contribution in [0.25, 0.3) is 0 Å². The molecule has 1 aliphatic heterocycles. The molecular weight excluding hydrogens is 276 g/mol. The monoisotopic (exact) mass is 296 g/mol. The van der Waals surface area contributed by atoms with Crippen LogP contribution in [0.15, 0.2) is 23.1 Å². The number of fused-ring (bicyclic) bond motifs is 1. The molecule has 0 spiro atoms. The topological polar surface area (TPSA) is 78.4 Å². The van der Waals surface area contributed by atoms with Crippen LogP contribution in [0.3, 0.4) is 0 Å². The van der Waals surface area contributed by atoms with Crippen molar-refractivity contribution in [1.29, 1.82) is 0 Å². The normalized spacial score (nSPS) is 26.4. The lowest BCUT2D eigenvalue weighted by Gasteiger charge is -2.26. The van der Waals surface area contributed by atoms with Gasteiger partial charge in [0.25, 0.3) is 0 Å². The number of nitrogens with one attached hydrogen (secondary N) is 2. The van der Waals surface area contributed by atoms with E-state index in [1.54, 1.807) is 12.1 Å². The maximum Gasteiger partial charge on any atom is 0.240 e. The molecule has 0 bridgehead atoms. The van der Waals surface area contributed by atoms with Crippen molar-refractivity contribution < 1.29 is 13.5 Å². The first-order chi connectivity index (χ1) is 9.54. The minimum absolute atomic E-state index is 0.0604. The van der Waals surface area contributed by atoms with E-state index in [4.69, 9.17) is 0 Å². The molecule has 0 unspecified atom stereocenters. The molecule has 6 heteroatoms. The summed E-state index contributed by atoms with van der Waals surface area (Å²) in [7, 11) is -3.46. The third-order valence-electron chi connectivity index (χ3n) is 4.14. The van der Waals surface area contributed by atoms with Gasteiger partial charge in [0, 0.05) is 19.1 Å². The average molecular weight is 296 g/mol. The van der Waals surface area contributed by atoms with Crippen molar-refractivity contribution in [2.75, 3.05) is 0 Å². The maximum atomic E-state index is 12.4. The minimum atomic E-state index is -3.46. The Morgan fingerprint density at radius 2 is 1.80 bits per heavy atom. The molecule has 1 fully saturated rings. The van der Waals surface area contributed by atoms with E-state index in [9.17, 15) is 13.5 Å². The Morgan fingerprint density at radius 3 is 2.55 bits per heavy atom. The van der Waals surface area contributed by atoms with Crippen LogP contribution in [-0.4, -0.2) is 25.7 Å². The summed E-state index contributed by atoms with van der Waals surface area (Å²) in [6.45, 7) is 1.54. The summed E-state index contributed by atoms with van der Waals surface area (Å²) >= 11 is 0. The average Bonchev–Trinajstić information content (AvgIpc) is 2.88. The van der Waals surface area contributed by atoms with E-state index in [-0.39, 0.29) is 12.1 Å². The summed E-state index contributed by atoms with van der Waals surface area (Å²) in [5, 5.41) is 12.7. The van der Waals surface area contributed by atoms with E-state index in [1.165, 1.54) is 5.56 Å². The molecule has 0 aromatic heterocycles. The fourth-order valence-electron chi connectivity index (χ4n) is 2.92. The van der Waals surface area contributed by atoms with Crippen LogP contribution in [0.1, 0.15) is 36.8 Å². The molecule has 110 valence electrons. The zero-order chi connectivity index (χ0) is 14.2. The van der Waals surface area contributed by atoms with Gasteiger partial charge >= 0.3 is 0 Å². The first-order valence-corrected chi connectivity index (χ1v) is 8.56. The highest BCUT2D eigenvalue weighted by Gasteiger charge is 2.25. The van der Waals surface area contributed by atoms with Gasteiger partial charge in [-0.15, -0.1) is 0 Å². The Kier molecular flexibility index (Phi) is 3.81. The molecule has 0 radical (unpaired) electrons. The summed E-state index contributed by atoms with van der Waals surface area (Å²) in [6.07, 6.45) is 2.46. The lowest BCUT2D eigenvalue weighted by atomic mass is 9.94. The number of rotatable bonds is 3. The van der Waals surface area contributed by atoms with E-state index in [0.717, 1.165) is 18.7 Å². The van der Waals surface area contributed by atoms with Gasteiger partial charge in [-0.25, -0.2) is 13.1 Å². The Balaban J connectivity index is 1.75. The highest BCUT2D eigenvalue weighted by molar-refractivity contribution is 7.89. The highest BCUT2D eigenvalue weighted by Crippen LogP contribution is 2.23. The van der Waals surface area contributed by atoms with E-state index in [1.807, 2.05) is 6.07 Å². The van der Waals surface area contributed by atoms with Gasteiger partial charge in [0.15, 0.2) is 0 Å². The van der Waals surface area contributed by atoms with E-state index in [0.29, 0.717) is 30.6 Å². The highest BCUT2D eigenvalue weighted by atomic mass is 32.2. The maximum absolute atomic E-state index is 12.4. The van der Waals surface area contributed by atoms with Crippen molar-refractivity contribution in [1.82, 2.24) is 10.0 Å². The summed E-state index contributed by atoms with van der Waals surface area (Å²) in [6, 6.07) is 5.25. The van der Waals surface area contributed by atoms with Gasteiger partial charge in [0.05, 0.1) is 11.0 Å². The Bertz CT molecular complexity index is 592. The van der Waals surface area contributed by atoms with Crippen LogP contribution in [0.5, 0.6) is 0 Å². The van der Waals surface area contributed by atoms with Gasteiger partial charge in [-0.05, 0) is 48.9 Å². The number of hydrogen-bond acceptors (Lipinski definition) is 4. The summed E-state index contributed by atoms with van der Waals surface area (Å²) in [4.78, 5) is 0.339. The summed E-state index contributed by atoms with van der Waals surface area (Å²) < 4.78 is 27.5. The molecule has 1 aliphatic carbocycles. The fraction of sp³-hybridized carbons (Fsp3) is 0.571. The van der Waals surface area contributed by atoms with Crippen LogP contribution in [-0.2, 0) is 23.1 Å². The standard InChI is InChI=1S/C14H20N2O3S/c17-13-4-2-12(3-5-13)16-20(18,19)14-6-1-10-8-15-9-11(10)7-14/h1,6-7,12-13,15-17H,2-5,8-9H2. The summed E-state index contributed by atoms with van der Waals surface area (Å²) in [5.41, 5.74) is 2.23. The molecule has 1 aromatic rings. The number of aliphatic hydroxyl groups excluding tert-OH is 1. The molecule has 3 N–H and O–H groups in total. The molecule has 1 heterocycles. The van der Waals surface area contributed by atoms with Gasteiger partial charge in [-0.2, -0.15) is 0 Å². The van der Waals surface area contributed by atoms with Crippen molar-refractivity contribution in [3.05, 3.63) is 29.3 Å². The zero-order valence-corrected chi connectivity index (χ0v) is 12.1. The summed E-state index contributed by atoms with van der Waals surface area (Å²) in [5.74, 6) is 0. The van der Waals surface area contributed by atoms with E-state index in [2.05, 4.69) is 10.0 Å². The van der Waals surface area contributed by atoms with Crippen molar-refractivity contribution in [2.45, 2.75) is 55.8 Å². The molecule has 0 atom stereocenters. The molecule has 20 heavy (non-hydrogen) atoms. The molecule has 0 amide bonds. The minimum Gasteiger partial charge on any atom is -0.393 e. The first-order valence-electron chi connectivity index (χ1n) is 7.07. The van der Waals surface area contributed by atoms with Gasteiger partial charge in [0.1, 0.15) is 0 Å². The van der Waals surface area contributed by atoms with Crippen molar-refractivity contribution in [2.24, 2.45) is 0 Å². The van der Waals surface area contributed by atoms with Crippen LogP contribution in [0.2, 0.25) is 0 Å². The Morgan fingerprint density at radius 1 is 1.10 bits per heavy atom.